The van der Waals surface area contributed by atoms with Gasteiger partial charge < -0.3 is 19.5 Å². The lowest BCUT2D eigenvalue weighted by Crippen LogP contribution is -2.34. The number of hydrogen-bond acceptors (Lipinski definition) is 6. The zero-order valence-electron chi connectivity index (χ0n) is 14.9. The third kappa shape index (κ3) is 4.21. The quantitative estimate of drug-likeness (QED) is 0.739. The Hall–Kier alpha value is -2.62. The molecule has 3 rings (SSSR count). The van der Waals surface area contributed by atoms with E-state index >= 15 is 0 Å². The molecule has 27 heavy (non-hydrogen) atoms. The third-order valence-electron chi connectivity index (χ3n) is 4.28. The number of sulfonamides is 1. The molecule has 1 aliphatic heterocycles. The molecular formula is C18H20N2O6S. The summed E-state index contributed by atoms with van der Waals surface area (Å²) in [5.74, 6) is 0.184. The first kappa shape index (κ1) is 19.2. The van der Waals surface area contributed by atoms with Crippen LogP contribution in [0.25, 0.3) is 0 Å². The van der Waals surface area contributed by atoms with Crippen LogP contribution in [0.5, 0.6) is 11.5 Å². The van der Waals surface area contributed by atoms with Gasteiger partial charge in [-0.15, -0.1) is 0 Å². The molecule has 0 aromatic heterocycles. The number of benzene rings is 2. The van der Waals surface area contributed by atoms with E-state index in [1.807, 2.05) is 31.1 Å². The fourth-order valence-electron chi connectivity index (χ4n) is 2.77. The molecule has 0 spiro atoms. The van der Waals surface area contributed by atoms with Crippen LogP contribution in [-0.4, -0.2) is 51.8 Å². The summed E-state index contributed by atoms with van der Waals surface area (Å²) in [6.07, 6.45) is 0. The first-order valence-corrected chi connectivity index (χ1v) is 9.65. The highest BCUT2D eigenvalue weighted by molar-refractivity contribution is 7.89. The molecule has 8 nitrogen and oxygen atoms in total. The number of carboxylic acids is 1. The minimum Gasteiger partial charge on any atom is -0.478 e. The lowest BCUT2D eigenvalue weighted by molar-refractivity contribution is 0.0696. The average Bonchev–Trinajstić information content (AvgIpc) is 3.09. The van der Waals surface area contributed by atoms with E-state index in [0.717, 1.165) is 5.56 Å². The van der Waals surface area contributed by atoms with Crippen molar-refractivity contribution in [2.75, 3.05) is 27.4 Å². The summed E-state index contributed by atoms with van der Waals surface area (Å²) in [6, 6.07) is 10.3. The van der Waals surface area contributed by atoms with Gasteiger partial charge in [-0.25, -0.2) is 17.9 Å². The molecule has 0 saturated carbocycles. The maximum atomic E-state index is 12.5. The lowest BCUT2D eigenvalue weighted by Gasteiger charge is -2.25. The number of hydrogen-bond donors (Lipinski definition) is 2. The molecule has 2 aromatic carbocycles. The molecule has 0 bridgehead atoms. The van der Waals surface area contributed by atoms with E-state index in [9.17, 15) is 13.2 Å². The van der Waals surface area contributed by atoms with Gasteiger partial charge in [-0.3, -0.25) is 0 Å². The van der Waals surface area contributed by atoms with E-state index in [2.05, 4.69) is 4.72 Å². The van der Waals surface area contributed by atoms with E-state index in [1.165, 1.54) is 24.3 Å². The SMILES string of the molecule is CN(C)C(CNS(=O)(=O)c1ccc(C(=O)O)cc1)c1ccc2c(c1)OCO2. The van der Waals surface area contributed by atoms with Crippen molar-refractivity contribution in [1.29, 1.82) is 0 Å². The summed E-state index contributed by atoms with van der Waals surface area (Å²) in [6.45, 7) is 0.306. The molecule has 0 saturated heterocycles. The van der Waals surface area contributed by atoms with Gasteiger partial charge in [0, 0.05) is 12.6 Å². The highest BCUT2D eigenvalue weighted by Gasteiger charge is 2.22. The molecule has 0 radical (unpaired) electrons. The molecule has 2 N–H and O–H groups in total. The van der Waals surface area contributed by atoms with Crippen LogP contribution in [0.1, 0.15) is 22.0 Å². The Labute approximate surface area is 157 Å². The van der Waals surface area contributed by atoms with Gasteiger partial charge in [0.05, 0.1) is 10.5 Å². The van der Waals surface area contributed by atoms with Crippen LogP contribution in [0.3, 0.4) is 0 Å². The monoisotopic (exact) mass is 392 g/mol. The van der Waals surface area contributed by atoms with Gasteiger partial charge in [0.15, 0.2) is 11.5 Å². The Bertz CT molecular complexity index is 941. The summed E-state index contributed by atoms with van der Waals surface area (Å²) in [7, 11) is -0.0716. The number of likely N-dealkylation sites (N-methyl/N-ethyl adjacent to an activating group) is 1. The van der Waals surface area contributed by atoms with Crippen molar-refractivity contribution < 1.29 is 27.8 Å². The maximum Gasteiger partial charge on any atom is 0.335 e. The molecule has 0 aliphatic carbocycles. The Morgan fingerprint density at radius 3 is 2.44 bits per heavy atom. The first-order chi connectivity index (χ1) is 12.8. The van der Waals surface area contributed by atoms with E-state index in [-0.39, 0.29) is 29.8 Å². The van der Waals surface area contributed by atoms with Gasteiger partial charge in [-0.1, -0.05) is 6.07 Å². The molecule has 1 atom stereocenters. The van der Waals surface area contributed by atoms with E-state index < -0.39 is 16.0 Å². The number of rotatable bonds is 7. The van der Waals surface area contributed by atoms with Crippen molar-refractivity contribution in [3.8, 4) is 11.5 Å². The zero-order chi connectivity index (χ0) is 19.6. The molecular weight excluding hydrogens is 372 g/mol. The van der Waals surface area contributed by atoms with Crippen LogP contribution in [0.4, 0.5) is 0 Å². The molecule has 144 valence electrons. The summed E-state index contributed by atoms with van der Waals surface area (Å²) >= 11 is 0. The highest BCUT2D eigenvalue weighted by atomic mass is 32.2. The topological polar surface area (TPSA) is 105 Å². The van der Waals surface area contributed by atoms with Crippen LogP contribution in [0.15, 0.2) is 47.4 Å². The normalized spacial score (nSPS) is 14.3. The molecule has 9 heteroatoms. The van der Waals surface area contributed by atoms with Gasteiger partial charge in [-0.05, 0) is 56.1 Å². The fraction of sp³-hybridized carbons (Fsp3) is 0.278. The van der Waals surface area contributed by atoms with Crippen LogP contribution >= 0.6 is 0 Å². The van der Waals surface area contributed by atoms with E-state index in [4.69, 9.17) is 14.6 Å². The van der Waals surface area contributed by atoms with Crippen molar-refractivity contribution in [1.82, 2.24) is 9.62 Å². The van der Waals surface area contributed by atoms with Crippen molar-refractivity contribution in [3.63, 3.8) is 0 Å². The van der Waals surface area contributed by atoms with Crippen molar-refractivity contribution >= 4 is 16.0 Å². The number of nitrogens with zero attached hydrogens (tertiary/aromatic N) is 1. The van der Waals surface area contributed by atoms with Gasteiger partial charge in [0.1, 0.15) is 0 Å². The molecule has 1 heterocycles. The van der Waals surface area contributed by atoms with Crippen molar-refractivity contribution in [2.24, 2.45) is 0 Å². The maximum absolute atomic E-state index is 12.5. The predicted octanol–water partition coefficient (Wildman–Crippen LogP) is 1.69. The van der Waals surface area contributed by atoms with Gasteiger partial charge >= 0.3 is 5.97 Å². The second-order valence-electron chi connectivity index (χ2n) is 6.27. The number of ether oxygens (including phenoxy) is 2. The van der Waals surface area contributed by atoms with Gasteiger partial charge in [0.2, 0.25) is 16.8 Å². The second-order valence-corrected chi connectivity index (χ2v) is 8.04. The zero-order valence-corrected chi connectivity index (χ0v) is 15.7. The van der Waals surface area contributed by atoms with Gasteiger partial charge in [-0.2, -0.15) is 0 Å². The number of carbonyl (C=O) groups is 1. The summed E-state index contributed by atoms with van der Waals surface area (Å²) in [5.41, 5.74) is 0.911. The van der Waals surface area contributed by atoms with Crippen molar-refractivity contribution in [3.05, 3.63) is 53.6 Å². The van der Waals surface area contributed by atoms with Crippen LogP contribution < -0.4 is 14.2 Å². The van der Waals surface area contributed by atoms with Gasteiger partial charge in [0.25, 0.3) is 0 Å². The van der Waals surface area contributed by atoms with Crippen LogP contribution in [-0.2, 0) is 10.0 Å². The standard InChI is InChI=1S/C18H20N2O6S/c1-20(2)15(13-5-8-16-17(9-13)26-11-25-16)10-19-27(23,24)14-6-3-12(4-7-14)18(21)22/h3-9,15,19H,10-11H2,1-2H3,(H,21,22). The third-order valence-corrected chi connectivity index (χ3v) is 5.72. The summed E-state index contributed by atoms with van der Waals surface area (Å²) in [5, 5.41) is 8.92. The Kier molecular flexibility index (Phi) is 5.36. The Morgan fingerprint density at radius 1 is 1.15 bits per heavy atom. The van der Waals surface area contributed by atoms with Crippen LogP contribution in [0.2, 0.25) is 0 Å². The summed E-state index contributed by atoms with van der Waals surface area (Å²) in [4.78, 5) is 12.8. The number of aromatic carboxylic acids is 1. The average molecular weight is 392 g/mol. The first-order valence-electron chi connectivity index (χ1n) is 8.17. The highest BCUT2D eigenvalue weighted by Crippen LogP contribution is 2.35. The number of carboxylic acid groups (broad SMARTS) is 1. The molecule has 0 fully saturated rings. The Morgan fingerprint density at radius 2 is 1.81 bits per heavy atom. The fourth-order valence-corrected chi connectivity index (χ4v) is 3.81. The predicted molar refractivity (Wildman–Crippen MR) is 97.6 cm³/mol. The smallest absolute Gasteiger partial charge is 0.335 e. The second kappa shape index (κ2) is 7.55. The molecule has 1 aliphatic rings. The molecule has 2 aromatic rings. The Balaban J connectivity index is 1.76. The van der Waals surface area contributed by atoms with E-state index in [1.54, 1.807) is 6.07 Å². The largest absolute Gasteiger partial charge is 0.478 e. The number of nitrogens with one attached hydrogen (secondary N) is 1. The summed E-state index contributed by atoms with van der Waals surface area (Å²) < 4.78 is 38.3. The van der Waals surface area contributed by atoms with Crippen LogP contribution in [0, 0.1) is 0 Å². The number of fused-ring (bicyclic) bond motifs is 1. The minimum absolute atomic E-state index is 0.00990. The minimum atomic E-state index is -3.78. The van der Waals surface area contributed by atoms with Crippen molar-refractivity contribution in [2.45, 2.75) is 10.9 Å². The lowest BCUT2D eigenvalue weighted by atomic mass is 10.1. The molecule has 0 amide bonds. The van der Waals surface area contributed by atoms with E-state index in [0.29, 0.717) is 11.5 Å². The molecule has 1 unspecified atom stereocenters.